The molecule has 0 spiro atoms. The molecule has 1 amide bonds. The van der Waals surface area contributed by atoms with Crippen molar-refractivity contribution in [2.45, 2.75) is 36.1 Å². The number of carbonyl (C=O) groups is 3. The predicted octanol–water partition coefficient (Wildman–Crippen LogP) is 0.332. The number of fused-ring (bicyclic) bond motifs is 1. The van der Waals surface area contributed by atoms with Gasteiger partial charge in [0.15, 0.2) is 0 Å². The monoisotopic (exact) mass is 338 g/mol. The van der Waals surface area contributed by atoms with Gasteiger partial charge in [-0.2, -0.15) is 0 Å². The molecule has 0 aromatic carbocycles. The van der Waals surface area contributed by atoms with Gasteiger partial charge in [-0.25, -0.2) is 4.79 Å². The van der Waals surface area contributed by atoms with Gasteiger partial charge in [-0.15, -0.1) is 11.8 Å². The smallest absolute Gasteiger partial charge is 0.327 e. The summed E-state index contributed by atoms with van der Waals surface area (Å²) in [6.45, 7) is 3.51. The van der Waals surface area contributed by atoms with E-state index in [0.29, 0.717) is 5.69 Å². The van der Waals surface area contributed by atoms with E-state index in [1.54, 1.807) is 43.8 Å². The van der Waals surface area contributed by atoms with Gasteiger partial charge in [0.1, 0.15) is 18.1 Å². The maximum absolute atomic E-state index is 12.4. The predicted molar refractivity (Wildman–Crippen MR) is 83.0 cm³/mol. The van der Waals surface area contributed by atoms with E-state index in [1.165, 1.54) is 16.7 Å². The molecule has 3 rings (SSSR count). The fraction of sp³-hybridized carbons (Fsp3) is 0.533. The van der Waals surface area contributed by atoms with E-state index in [0.717, 1.165) is 0 Å². The number of aromatic nitrogens is 1. The summed E-state index contributed by atoms with van der Waals surface area (Å²) in [6.07, 6.45) is 0.219. The highest BCUT2D eigenvalue weighted by Gasteiger charge is 2.66. The summed E-state index contributed by atoms with van der Waals surface area (Å²) >= 11 is 1.32. The molecule has 0 unspecified atom stereocenters. The molecular weight excluding hydrogens is 320 g/mol. The molecule has 7 nitrogen and oxygen atoms in total. The van der Waals surface area contributed by atoms with Gasteiger partial charge in [0.25, 0.3) is 0 Å². The topological polar surface area (TPSA) is 99.8 Å². The fourth-order valence-corrected chi connectivity index (χ4v) is 5.08. The zero-order chi connectivity index (χ0) is 17.1. The highest BCUT2D eigenvalue weighted by Crippen LogP contribution is 2.54. The number of ketones is 1. The van der Waals surface area contributed by atoms with Crippen molar-refractivity contribution < 1.29 is 24.6 Å². The molecule has 0 saturated carbocycles. The minimum absolute atomic E-state index is 0.320. The number of rotatable bonds is 4. The Bertz CT molecular complexity index is 698. The van der Waals surface area contributed by atoms with Crippen LogP contribution in [0.25, 0.3) is 0 Å². The van der Waals surface area contributed by atoms with Crippen LogP contribution in [0.3, 0.4) is 0 Å². The number of aliphatic hydroxyl groups is 1. The summed E-state index contributed by atoms with van der Waals surface area (Å²) in [5.41, 5.74) is 0.320. The van der Waals surface area contributed by atoms with Crippen LogP contribution in [-0.2, 0) is 16.6 Å². The first-order valence-corrected chi connectivity index (χ1v) is 8.11. The Kier molecular flexibility index (Phi) is 3.57. The van der Waals surface area contributed by atoms with E-state index >= 15 is 0 Å². The third kappa shape index (κ3) is 2.20. The van der Waals surface area contributed by atoms with Crippen LogP contribution in [0, 0.1) is 5.92 Å². The summed E-state index contributed by atoms with van der Waals surface area (Å²) in [6, 6.07) is 2.32. The molecular formula is C15H18N2O5S. The van der Waals surface area contributed by atoms with E-state index in [2.05, 4.69) is 0 Å². The molecule has 2 fully saturated rings. The highest BCUT2D eigenvalue weighted by molar-refractivity contribution is 8.01. The average molecular weight is 338 g/mol. The van der Waals surface area contributed by atoms with E-state index in [4.69, 9.17) is 0 Å². The first kappa shape index (κ1) is 16.1. The van der Waals surface area contributed by atoms with Crippen LogP contribution in [-0.4, -0.2) is 59.6 Å². The van der Waals surface area contributed by atoms with Crippen LogP contribution < -0.4 is 0 Å². The molecule has 0 aliphatic carbocycles. The van der Waals surface area contributed by atoms with Gasteiger partial charge in [0.2, 0.25) is 11.7 Å². The molecule has 1 aromatic rings. The first-order chi connectivity index (χ1) is 10.7. The van der Waals surface area contributed by atoms with Crippen molar-refractivity contribution in [3.05, 3.63) is 24.0 Å². The molecule has 124 valence electrons. The Morgan fingerprint density at radius 1 is 1.39 bits per heavy atom. The standard InChI is InChI=1S/C15H18N2O5S/c1-15(2)11(14(21)22)17-12(20)8(13(17)23-15)10(19)9(18)7-5-4-6-16(7)3/h4-6,8,10-11,13,19H,1-3H3,(H,21,22)/t8-,10-,11+,13-/m1/s1. The van der Waals surface area contributed by atoms with Crippen molar-refractivity contribution in [1.29, 1.82) is 0 Å². The number of β-lactam (4-membered cyclic amide) rings is 1. The number of carboxylic acids is 1. The van der Waals surface area contributed by atoms with E-state index < -0.39 is 45.8 Å². The Morgan fingerprint density at radius 3 is 2.57 bits per heavy atom. The number of aryl methyl sites for hydroxylation is 1. The molecule has 1 aromatic heterocycles. The molecule has 0 radical (unpaired) electrons. The van der Waals surface area contributed by atoms with Gasteiger partial charge in [-0.05, 0) is 26.0 Å². The van der Waals surface area contributed by atoms with Crippen LogP contribution in [0.4, 0.5) is 0 Å². The Hall–Kier alpha value is -1.80. The number of nitrogens with zero attached hydrogens (tertiary/aromatic N) is 2. The van der Waals surface area contributed by atoms with Crippen molar-refractivity contribution in [2.24, 2.45) is 13.0 Å². The minimum atomic E-state index is -1.46. The van der Waals surface area contributed by atoms with Crippen molar-refractivity contribution in [3.8, 4) is 0 Å². The number of amides is 1. The summed E-state index contributed by atoms with van der Waals surface area (Å²) in [5, 5.41) is 19.3. The number of thioether (sulfide) groups is 1. The van der Waals surface area contributed by atoms with Gasteiger partial charge < -0.3 is 19.7 Å². The van der Waals surface area contributed by atoms with Crippen molar-refractivity contribution in [1.82, 2.24) is 9.47 Å². The van der Waals surface area contributed by atoms with Gasteiger partial charge in [0, 0.05) is 18.0 Å². The largest absolute Gasteiger partial charge is 0.480 e. The quantitative estimate of drug-likeness (QED) is 0.606. The Morgan fingerprint density at radius 2 is 2.04 bits per heavy atom. The zero-order valence-electron chi connectivity index (χ0n) is 13.0. The molecule has 3 heterocycles. The number of aliphatic carboxylic acids is 1. The third-order valence-electron chi connectivity index (χ3n) is 4.52. The van der Waals surface area contributed by atoms with Gasteiger partial charge in [0.05, 0.1) is 11.1 Å². The molecule has 0 bridgehead atoms. The van der Waals surface area contributed by atoms with Crippen molar-refractivity contribution >= 4 is 29.4 Å². The van der Waals surface area contributed by atoms with Crippen LogP contribution in [0.1, 0.15) is 24.3 Å². The lowest BCUT2D eigenvalue weighted by atomic mass is 9.85. The lowest BCUT2D eigenvalue weighted by Crippen LogP contribution is -2.66. The average Bonchev–Trinajstić information content (AvgIpc) is 2.97. The summed E-state index contributed by atoms with van der Waals surface area (Å²) in [4.78, 5) is 37.5. The van der Waals surface area contributed by atoms with E-state index in [-0.39, 0.29) is 0 Å². The molecule has 2 saturated heterocycles. The minimum Gasteiger partial charge on any atom is -0.480 e. The lowest BCUT2D eigenvalue weighted by Gasteiger charge is -2.45. The highest BCUT2D eigenvalue weighted by atomic mass is 32.2. The Balaban J connectivity index is 1.84. The molecule has 4 atom stereocenters. The first-order valence-electron chi connectivity index (χ1n) is 7.23. The number of hydrogen-bond acceptors (Lipinski definition) is 5. The SMILES string of the molecule is Cn1cccc1C(=O)[C@H](O)[C@@H]1C(=O)N2[C@@H]1SC(C)(C)[C@@H]2C(=O)O. The van der Waals surface area contributed by atoms with Gasteiger partial charge >= 0.3 is 5.97 Å². The molecule has 2 N–H and O–H groups in total. The van der Waals surface area contributed by atoms with Crippen molar-refractivity contribution in [2.75, 3.05) is 0 Å². The maximum atomic E-state index is 12.4. The molecule has 2 aliphatic heterocycles. The van der Waals surface area contributed by atoms with Gasteiger partial charge in [-0.1, -0.05) is 0 Å². The Labute approximate surface area is 137 Å². The third-order valence-corrected chi connectivity index (χ3v) is 6.11. The molecule has 23 heavy (non-hydrogen) atoms. The number of hydrogen-bond donors (Lipinski definition) is 2. The normalized spacial score (nSPS) is 29.8. The maximum Gasteiger partial charge on any atom is 0.327 e. The second-order valence-electron chi connectivity index (χ2n) is 6.44. The molecule has 2 aliphatic rings. The second kappa shape index (κ2) is 5.10. The van der Waals surface area contributed by atoms with Crippen LogP contribution in [0.5, 0.6) is 0 Å². The number of Topliss-reactive ketones (excluding diaryl/α,β-unsaturated/α-hetero) is 1. The van der Waals surface area contributed by atoms with Crippen LogP contribution in [0.15, 0.2) is 18.3 Å². The summed E-state index contributed by atoms with van der Waals surface area (Å²) in [5.74, 6) is -2.96. The van der Waals surface area contributed by atoms with Crippen LogP contribution >= 0.6 is 11.8 Å². The second-order valence-corrected chi connectivity index (χ2v) is 8.21. The zero-order valence-corrected chi connectivity index (χ0v) is 13.8. The van der Waals surface area contributed by atoms with E-state index in [9.17, 15) is 24.6 Å². The number of aliphatic hydroxyl groups excluding tert-OH is 1. The fourth-order valence-electron chi connectivity index (χ4n) is 3.36. The summed E-state index contributed by atoms with van der Waals surface area (Å²) < 4.78 is 0.910. The van der Waals surface area contributed by atoms with Crippen LogP contribution in [0.2, 0.25) is 0 Å². The van der Waals surface area contributed by atoms with Gasteiger partial charge in [-0.3, -0.25) is 9.59 Å². The lowest BCUT2D eigenvalue weighted by molar-refractivity contribution is -0.167. The number of carboxylic acid groups (broad SMARTS) is 1. The van der Waals surface area contributed by atoms with Crippen molar-refractivity contribution in [3.63, 3.8) is 0 Å². The summed E-state index contributed by atoms with van der Waals surface area (Å²) in [7, 11) is 1.68. The van der Waals surface area contributed by atoms with E-state index in [1.807, 2.05) is 0 Å². The number of carbonyl (C=O) groups excluding carboxylic acids is 2. The molecule has 8 heteroatoms.